The molecule has 0 aliphatic carbocycles. The van der Waals surface area contributed by atoms with Crippen LogP contribution in [0.5, 0.6) is 0 Å². The molecule has 1 heterocycles. The van der Waals surface area contributed by atoms with Crippen LogP contribution in [-0.4, -0.2) is 9.91 Å². The predicted molar refractivity (Wildman–Crippen MR) is 78.7 cm³/mol. The molecule has 1 aromatic heterocycles. The van der Waals surface area contributed by atoms with Gasteiger partial charge in [0.25, 0.3) is 5.69 Å². The van der Waals surface area contributed by atoms with Gasteiger partial charge in [-0.05, 0) is 31.5 Å². The van der Waals surface area contributed by atoms with Crippen LogP contribution in [0.2, 0.25) is 0 Å². The molecule has 1 unspecified atom stereocenters. The van der Waals surface area contributed by atoms with Crippen LogP contribution in [0.15, 0.2) is 36.5 Å². The Hall–Kier alpha value is -2.50. The lowest BCUT2D eigenvalue weighted by Gasteiger charge is -2.18. The Balaban J connectivity index is 2.24. The number of hydrogen-bond acceptors (Lipinski definition) is 4. The number of aryl methyl sites for hydroxylation is 1. The van der Waals surface area contributed by atoms with Crippen LogP contribution >= 0.6 is 0 Å². The highest BCUT2D eigenvalue weighted by Crippen LogP contribution is 2.26. The van der Waals surface area contributed by atoms with E-state index in [9.17, 15) is 14.5 Å². The largest absolute Gasteiger partial charge is 0.376 e. The molecule has 0 aliphatic heterocycles. The lowest BCUT2D eigenvalue weighted by atomic mass is 10.1. The number of nitro groups is 1. The van der Waals surface area contributed by atoms with Crippen LogP contribution in [0.3, 0.4) is 0 Å². The Kier molecular flexibility index (Phi) is 4.47. The lowest BCUT2D eigenvalue weighted by Crippen LogP contribution is -2.11. The standard InChI is InChI=1S/C15H16FN3O2/c1-3-13(14-7-5-11(16)9-17-14)18-12-6-4-10(2)15(8-12)19(20)21/h4-9,13,18H,3H2,1-2H3. The van der Waals surface area contributed by atoms with Gasteiger partial charge in [-0.3, -0.25) is 15.1 Å². The minimum absolute atomic E-state index is 0.0712. The summed E-state index contributed by atoms with van der Waals surface area (Å²) >= 11 is 0. The normalized spacial score (nSPS) is 12.0. The van der Waals surface area contributed by atoms with Crippen molar-refractivity contribution in [2.75, 3.05) is 5.32 Å². The van der Waals surface area contributed by atoms with Gasteiger partial charge in [0.1, 0.15) is 5.82 Å². The minimum atomic E-state index is -0.405. The predicted octanol–water partition coefficient (Wildman–Crippen LogP) is 4.00. The topological polar surface area (TPSA) is 68.1 Å². The second kappa shape index (κ2) is 6.30. The van der Waals surface area contributed by atoms with Crippen molar-refractivity contribution in [3.63, 3.8) is 0 Å². The summed E-state index contributed by atoms with van der Waals surface area (Å²) in [6.07, 6.45) is 1.89. The number of pyridine rings is 1. The summed E-state index contributed by atoms with van der Waals surface area (Å²) in [6.45, 7) is 3.66. The number of rotatable bonds is 5. The molecule has 110 valence electrons. The first-order chi connectivity index (χ1) is 10.0. The molecule has 1 N–H and O–H groups in total. The fraction of sp³-hybridized carbons (Fsp3) is 0.267. The number of nitrogens with zero attached hydrogens (tertiary/aromatic N) is 2. The summed E-state index contributed by atoms with van der Waals surface area (Å²) < 4.78 is 12.9. The van der Waals surface area contributed by atoms with Crippen molar-refractivity contribution in [1.82, 2.24) is 4.98 Å². The van der Waals surface area contributed by atoms with Gasteiger partial charge in [0, 0.05) is 17.3 Å². The molecule has 0 saturated heterocycles. The Bertz CT molecular complexity index is 644. The molecular formula is C15H16FN3O2. The molecule has 0 spiro atoms. The van der Waals surface area contributed by atoms with Crippen molar-refractivity contribution in [3.8, 4) is 0 Å². The number of nitrogens with one attached hydrogen (secondary N) is 1. The second-order valence-corrected chi connectivity index (χ2v) is 4.76. The maximum Gasteiger partial charge on any atom is 0.274 e. The molecule has 2 aromatic rings. The fourth-order valence-corrected chi connectivity index (χ4v) is 2.08. The molecule has 1 aromatic carbocycles. The number of anilines is 1. The second-order valence-electron chi connectivity index (χ2n) is 4.76. The molecule has 0 amide bonds. The summed E-state index contributed by atoms with van der Waals surface area (Å²) in [5.41, 5.74) is 2.02. The first-order valence-corrected chi connectivity index (χ1v) is 6.64. The minimum Gasteiger partial charge on any atom is -0.376 e. The molecule has 0 fully saturated rings. The van der Waals surface area contributed by atoms with Crippen molar-refractivity contribution in [3.05, 3.63) is 63.7 Å². The van der Waals surface area contributed by atoms with Crippen LogP contribution in [0.25, 0.3) is 0 Å². The molecule has 0 saturated carbocycles. The van der Waals surface area contributed by atoms with Crippen LogP contribution < -0.4 is 5.32 Å². The van der Waals surface area contributed by atoms with E-state index in [1.54, 1.807) is 25.1 Å². The number of nitro benzene ring substituents is 1. The molecule has 1 atom stereocenters. The summed E-state index contributed by atoms with van der Waals surface area (Å²) in [6, 6.07) is 7.82. The van der Waals surface area contributed by atoms with Gasteiger partial charge >= 0.3 is 0 Å². The number of hydrogen-bond donors (Lipinski definition) is 1. The number of halogens is 1. The van der Waals surface area contributed by atoms with Gasteiger partial charge in [-0.25, -0.2) is 4.39 Å². The van der Waals surface area contributed by atoms with Gasteiger partial charge < -0.3 is 5.32 Å². The Labute approximate surface area is 122 Å². The van der Waals surface area contributed by atoms with Crippen molar-refractivity contribution < 1.29 is 9.31 Å². The van der Waals surface area contributed by atoms with Crippen LogP contribution in [0.4, 0.5) is 15.8 Å². The van der Waals surface area contributed by atoms with Gasteiger partial charge in [-0.1, -0.05) is 13.0 Å². The van der Waals surface area contributed by atoms with Crippen molar-refractivity contribution >= 4 is 11.4 Å². The Morgan fingerprint density at radius 3 is 2.71 bits per heavy atom. The molecule has 5 nitrogen and oxygen atoms in total. The van der Waals surface area contributed by atoms with Gasteiger partial charge in [0.05, 0.1) is 22.9 Å². The molecule has 0 radical (unpaired) electrons. The quantitative estimate of drug-likeness (QED) is 0.667. The van der Waals surface area contributed by atoms with Gasteiger partial charge in [0.15, 0.2) is 0 Å². The highest BCUT2D eigenvalue weighted by atomic mass is 19.1. The van der Waals surface area contributed by atoms with Crippen LogP contribution in [0, 0.1) is 22.9 Å². The smallest absolute Gasteiger partial charge is 0.274 e. The highest BCUT2D eigenvalue weighted by Gasteiger charge is 2.15. The molecule has 6 heteroatoms. The van der Waals surface area contributed by atoms with E-state index in [1.165, 1.54) is 12.1 Å². The molecule has 0 bridgehead atoms. The van der Waals surface area contributed by atoms with E-state index < -0.39 is 4.92 Å². The third-order valence-corrected chi connectivity index (χ3v) is 3.26. The van der Waals surface area contributed by atoms with E-state index in [1.807, 2.05) is 6.92 Å². The summed E-state index contributed by atoms with van der Waals surface area (Å²) in [5.74, 6) is -0.389. The Morgan fingerprint density at radius 2 is 2.14 bits per heavy atom. The maximum atomic E-state index is 12.9. The van der Waals surface area contributed by atoms with E-state index in [0.717, 1.165) is 12.6 Å². The van der Waals surface area contributed by atoms with Crippen LogP contribution in [-0.2, 0) is 0 Å². The summed E-state index contributed by atoms with van der Waals surface area (Å²) in [4.78, 5) is 14.6. The maximum absolute atomic E-state index is 12.9. The zero-order chi connectivity index (χ0) is 15.4. The van der Waals surface area contributed by atoms with Crippen molar-refractivity contribution in [2.45, 2.75) is 26.3 Å². The van der Waals surface area contributed by atoms with Gasteiger partial charge in [-0.15, -0.1) is 0 Å². The van der Waals surface area contributed by atoms with E-state index >= 15 is 0 Å². The number of aromatic nitrogens is 1. The zero-order valence-corrected chi connectivity index (χ0v) is 11.8. The molecule has 21 heavy (non-hydrogen) atoms. The lowest BCUT2D eigenvalue weighted by molar-refractivity contribution is -0.385. The van der Waals surface area contributed by atoms with Gasteiger partial charge in [0.2, 0.25) is 0 Å². The van der Waals surface area contributed by atoms with Crippen molar-refractivity contribution in [1.29, 1.82) is 0 Å². The summed E-state index contributed by atoms with van der Waals surface area (Å²) in [7, 11) is 0. The third kappa shape index (κ3) is 3.53. The fourth-order valence-electron chi connectivity index (χ4n) is 2.08. The first-order valence-electron chi connectivity index (χ1n) is 6.64. The summed E-state index contributed by atoms with van der Waals surface area (Å²) in [5, 5.41) is 14.2. The molecular weight excluding hydrogens is 273 g/mol. The third-order valence-electron chi connectivity index (χ3n) is 3.26. The molecule has 2 rings (SSSR count). The van der Waals surface area contributed by atoms with E-state index in [2.05, 4.69) is 10.3 Å². The first kappa shape index (κ1) is 14.9. The van der Waals surface area contributed by atoms with E-state index in [-0.39, 0.29) is 17.5 Å². The van der Waals surface area contributed by atoms with Crippen molar-refractivity contribution in [2.24, 2.45) is 0 Å². The zero-order valence-electron chi connectivity index (χ0n) is 11.8. The highest BCUT2D eigenvalue weighted by molar-refractivity contribution is 5.55. The SMILES string of the molecule is CCC(Nc1ccc(C)c([N+](=O)[O-])c1)c1ccc(F)cn1. The van der Waals surface area contributed by atoms with E-state index in [4.69, 9.17) is 0 Å². The average molecular weight is 289 g/mol. The Morgan fingerprint density at radius 1 is 1.38 bits per heavy atom. The molecule has 0 aliphatic rings. The number of benzene rings is 1. The van der Waals surface area contributed by atoms with Gasteiger partial charge in [-0.2, -0.15) is 0 Å². The van der Waals surface area contributed by atoms with Crippen LogP contribution in [0.1, 0.15) is 30.6 Å². The average Bonchev–Trinajstić information content (AvgIpc) is 2.47. The monoisotopic (exact) mass is 289 g/mol. The van der Waals surface area contributed by atoms with E-state index in [0.29, 0.717) is 16.9 Å².